The molecule has 0 aliphatic rings. The lowest BCUT2D eigenvalue weighted by Gasteiger charge is -2.02. The van der Waals surface area contributed by atoms with E-state index >= 15 is 0 Å². The van der Waals surface area contributed by atoms with Gasteiger partial charge in [-0.1, -0.05) is 29.8 Å². The minimum Gasteiger partial charge on any atom is -0.288 e. The van der Waals surface area contributed by atoms with Gasteiger partial charge in [0.05, 0.1) is 11.6 Å². The molecule has 0 radical (unpaired) electrons. The first-order chi connectivity index (χ1) is 11.6. The highest BCUT2D eigenvalue weighted by Gasteiger charge is 2.17. The van der Waals surface area contributed by atoms with E-state index in [1.54, 1.807) is 29.1 Å². The van der Waals surface area contributed by atoms with E-state index in [1.807, 2.05) is 6.92 Å². The first-order valence-corrected chi connectivity index (χ1v) is 7.61. The molecule has 2 aromatic heterocycles. The molecule has 0 aliphatic carbocycles. The van der Waals surface area contributed by atoms with Gasteiger partial charge in [-0.3, -0.25) is 14.8 Å². The number of amides is 1. The molecule has 1 amide bonds. The fourth-order valence-corrected chi connectivity index (χ4v) is 2.34. The summed E-state index contributed by atoms with van der Waals surface area (Å²) in [4.78, 5) is 16.1. The zero-order valence-corrected chi connectivity index (χ0v) is 13.5. The molecule has 1 N–H and O–H groups in total. The van der Waals surface area contributed by atoms with Crippen LogP contribution in [0.3, 0.4) is 0 Å². The van der Waals surface area contributed by atoms with Crippen LogP contribution in [0.4, 0.5) is 10.3 Å². The van der Waals surface area contributed by atoms with Crippen molar-refractivity contribution in [1.29, 1.82) is 0 Å². The summed E-state index contributed by atoms with van der Waals surface area (Å²) >= 11 is 5.98. The summed E-state index contributed by atoms with van der Waals surface area (Å²) in [6, 6.07) is 6.39. The van der Waals surface area contributed by atoms with Crippen LogP contribution in [0.5, 0.6) is 0 Å². The molecule has 1 aromatic carbocycles. The lowest BCUT2D eigenvalue weighted by Crippen LogP contribution is -2.15. The molecule has 24 heavy (non-hydrogen) atoms. The number of hydrogen-bond acceptors (Lipinski definition) is 4. The van der Waals surface area contributed by atoms with Crippen LogP contribution in [0.2, 0.25) is 5.02 Å². The van der Waals surface area contributed by atoms with E-state index in [0.29, 0.717) is 12.1 Å². The van der Waals surface area contributed by atoms with Crippen molar-refractivity contribution in [2.24, 2.45) is 0 Å². The Bertz CT molecular complexity index is 874. The second kappa shape index (κ2) is 6.79. The molecule has 0 fully saturated rings. The van der Waals surface area contributed by atoms with E-state index in [9.17, 15) is 9.18 Å². The Balaban J connectivity index is 1.70. The Kier molecular flexibility index (Phi) is 4.57. The fraction of sp³-hybridized carbons (Fsp3) is 0.200. The molecule has 0 saturated carbocycles. The number of anilines is 1. The van der Waals surface area contributed by atoms with Crippen LogP contribution in [0, 0.1) is 5.82 Å². The molecule has 2 heterocycles. The molecule has 3 aromatic rings. The second-order valence-corrected chi connectivity index (χ2v) is 5.40. The highest BCUT2D eigenvalue weighted by molar-refractivity contribution is 6.34. The number of aryl methyl sites for hydroxylation is 1. The van der Waals surface area contributed by atoms with Crippen molar-refractivity contribution in [2.75, 3.05) is 5.32 Å². The van der Waals surface area contributed by atoms with E-state index in [4.69, 9.17) is 11.6 Å². The average Bonchev–Trinajstić information content (AvgIpc) is 3.16. The molecule has 0 saturated heterocycles. The fourth-order valence-electron chi connectivity index (χ4n) is 2.10. The molecule has 0 aliphatic heterocycles. The van der Waals surface area contributed by atoms with Gasteiger partial charge in [-0.15, -0.1) is 5.10 Å². The summed E-state index contributed by atoms with van der Waals surface area (Å²) in [7, 11) is 0. The first-order valence-electron chi connectivity index (χ1n) is 7.24. The summed E-state index contributed by atoms with van der Waals surface area (Å²) in [6.45, 7) is 2.69. The van der Waals surface area contributed by atoms with Gasteiger partial charge in [0.15, 0.2) is 5.69 Å². The molecule has 3 rings (SSSR count). The van der Waals surface area contributed by atoms with Gasteiger partial charge in [-0.25, -0.2) is 14.1 Å². The molecular weight excluding hydrogens is 335 g/mol. The number of rotatable bonds is 5. The maximum atomic E-state index is 13.6. The van der Waals surface area contributed by atoms with Crippen molar-refractivity contribution in [3.05, 3.63) is 58.9 Å². The van der Waals surface area contributed by atoms with E-state index in [-0.39, 0.29) is 29.0 Å². The number of halogens is 2. The van der Waals surface area contributed by atoms with Crippen LogP contribution in [0.25, 0.3) is 0 Å². The minimum atomic E-state index is -0.504. The van der Waals surface area contributed by atoms with Crippen LogP contribution in [-0.4, -0.2) is 30.5 Å². The van der Waals surface area contributed by atoms with Crippen LogP contribution < -0.4 is 5.32 Å². The Morgan fingerprint density at radius 3 is 2.79 bits per heavy atom. The van der Waals surface area contributed by atoms with Gasteiger partial charge in [0.2, 0.25) is 5.95 Å². The summed E-state index contributed by atoms with van der Waals surface area (Å²) < 4.78 is 16.6. The molecule has 7 nitrogen and oxygen atoms in total. The van der Waals surface area contributed by atoms with E-state index in [0.717, 1.165) is 0 Å². The van der Waals surface area contributed by atoms with Crippen molar-refractivity contribution in [3.8, 4) is 0 Å². The summed E-state index contributed by atoms with van der Waals surface area (Å²) in [5.74, 6) is -0.732. The van der Waals surface area contributed by atoms with Crippen LogP contribution in [0.1, 0.15) is 23.0 Å². The molecule has 0 bridgehead atoms. The predicted octanol–water partition coefficient (Wildman–Crippen LogP) is 2.59. The number of carbonyl (C=O) groups is 1. The Morgan fingerprint density at radius 2 is 2.08 bits per heavy atom. The number of benzene rings is 1. The molecule has 0 spiro atoms. The average molecular weight is 349 g/mol. The highest BCUT2D eigenvalue weighted by Crippen LogP contribution is 2.15. The molecule has 124 valence electrons. The quantitative estimate of drug-likeness (QED) is 0.768. The number of nitrogens with zero attached hydrogens (tertiary/aromatic N) is 5. The lowest BCUT2D eigenvalue weighted by molar-refractivity contribution is 0.102. The topological polar surface area (TPSA) is 77.6 Å². The smallest absolute Gasteiger partial charge is 0.280 e. The third kappa shape index (κ3) is 3.43. The largest absolute Gasteiger partial charge is 0.288 e. The lowest BCUT2D eigenvalue weighted by atomic mass is 10.2. The second-order valence-electron chi connectivity index (χ2n) is 4.99. The van der Waals surface area contributed by atoms with E-state index in [1.165, 1.54) is 17.1 Å². The summed E-state index contributed by atoms with van der Waals surface area (Å²) in [5.41, 5.74) is 0.578. The van der Waals surface area contributed by atoms with Gasteiger partial charge >= 0.3 is 0 Å². The monoisotopic (exact) mass is 348 g/mol. The van der Waals surface area contributed by atoms with Gasteiger partial charge in [0.1, 0.15) is 12.1 Å². The van der Waals surface area contributed by atoms with Gasteiger partial charge in [0, 0.05) is 18.3 Å². The Hall–Kier alpha value is -2.74. The van der Waals surface area contributed by atoms with Crippen LogP contribution in [-0.2, 0) is 13.1 Å². The Morgan fingerprint density at radius 1 is 1.29 bits per heavy atom. The highest BCUT2D eigenvalue weighted by atomic mass is 35.5. The number of hydrogen-bond donors (Lipinski definition) is 1. The maximum absolute atomic E-state index is 13.6. The first kappa shape index (κ1) is 16.1. The number of carbonyl (C=O) groups excluding carboxylic acids is 1. The van der Waals surface area contributed by atoms with Crippen molar-refractivity contribution >= 4 is 23.5 Å². The Labute approximate surface area is 142 Å². The number of aromatic nitrogens is 5. The van der Waals surface area contributed by atoms with Gasteiger partial charge in [0.25, 0.3) is 5.91 Å². The molecule has 9 heteroatoms. The van der Waals surface area contributed by atoms with Crippen molar-refractivity contribution < 1.29 is 9.18 Å². The third-order valence-electron chi connectivity index (χ3n) is 3.31. The predicted molar refractivity (Wildman–Crippen MR) is 86.4 cm³/mol. The van der Waals surface area contributed by atoms with Crippen LogP contribution in [0.15, 0.2) is 36.8 Å². The summed E-state index contributed by atoms with van der Waals surface area (Å²) in [5, 5.41) is 10.9. The normalized spacial score (nSPS) is 10.8. The van der Waals surface area contributed by atoms with Gasteiger partial charge < -0.3 is 0 Å². The zero-order chi connectivity index (χ0) is 17.1. The molecule has 0 atom stereocenters. The van der Waals surface area contributed by atoms with Crippen molar-refractivity contribution in [1.82, 2.24) is 24.5 Å². The molecular formula is C15H14ClFN6O. The van der Waals surface area contributed by atoms with Gasteiger partial charge in [-0.05, 0) is 13.0 Å². The summed E-state index contributed by atoms with van der Waals surface area (Å²) in [6.07, 6.45) is 2.98. The van der Waals surface area contributed by atoms with Crippen molar-refractivity contribution in [3.63, 3.8) is 0 Å². The van der Waals surface area contributed by atoms with Crippen LogP contribution >= 0.6 is 11.6 Å². The zero-order valence-electron chi connectivity index (χ0n) is 12.8. The molecule has 0 unspecified atom stereocenters. The van der Waals surface area contributed by atoms with Gasteiger partial charge in [-0.2, -0.15) is 5.10 Å². The third-order valence-corrected chi connectivity index (χ3v) is 3.58. The maximum Gasteiger partial charge on any atom is 0.280 e. The van der Waals surface area contributed by atoms with Crippen molar-refractivity contribution in [2.45, 2.75) is 20.0 Å². The minimum absolute atomic E-state index is 0.0958. The standard InChI is InChI=1S/C15H14ClFN6O/c1-2-22-8-11(16)13(20-22)14(24)19-15-18-9-23(21-15)7-10-5-3-4-6-12(10)17/h3-6,8-9H,2,7H2,1H3,(H,19,21,24). The van der Waals surface area contributed by atoms with E-state index < -0.39 is 5.91 Å². The SMILES string of the molecule is CCn1cc(Cl)c(C(=O)Nc2ncn(Cc3ccccc3F)n2)n1. The number of nitrogens with one attached hydrogen (secondary N) is 1. The van der Waals surface area contributed by atoms with E-state index in [2.05, 4.69) is 20.5 Å².